The molecular formula is C21H27N7O. The minimum atomic E-state index is 0.646. The van der Waals surface area contributed by atoms with Gasteiger partial charge in [-0.25, -0.2) is 9.50 Å². The van der Waals surface area contributed by atoms with Gasteiger partial charge in [0.25, 0.3) is 0 Å². The van der Waals surface area contributed by atoms with E-state index in [1.807, 2.05) is 23.6 Å². The van der Waals surface area contributed by atoms with Crippen LogP contribution in [0.1, 0.15) is 18.5 Å². The van der Waals surface area contributed by atoms with Crippen molar-refractivity contribution in [3.8, 4) is 17.0 Å². The summed E-state index contributed by atoms with van der Waals surface area (Å²) >= 11 is 0. The van der Waals surface area contributed by atoms with Crippen LogP contribution in [0.4, 0.5) is 11.5 Å². The highest BCUT2D eigenvalue weighted by molar-refractivity contribution is 5.83. The zero-order chi connectivity index (χ0) is 19.8. The summed E-state index contributed by atoms with van der Waals surface area (Å²) < 4.78 is 8.04. The first-order valence-corrected chi connectivity index (χ1v) is 10.3. The maximum atomic E-state index is 6.12. The number of aryl methyl sites for hydroxylation is 1. The molecule has 0 amide bonds. The van der Waals surface area contributed by atoms with Gasteiger partial charge in [0.1, 0.15) is 12.3 Å². The number of nitrogens with zero attached hydrogens (tertiary/aromatic N) is 5. The molecule has 8 heteroatoms. The zero-order valence-electron chi connectivity index (χ0n) is 17.0. The molecule has 0 unspecified atom stereocenters. The van der Waals surface area contributed by atoms with E-state index in [0.717, 1.165) is 66.0 Å². The Hall–Kier alpha value is -2.87. The summed E-state index contributed by atoms with van der Waals surface area (Å²) in [6.07, 6.45) is 5.98. The summed E-state index contributed by atoms with van der Waals surface area (Å²) in [5.41, 5.74) is 4.73. The van der Waals surface area contributed by atoms with Crippen LogP contribution in [-0.4, -0.2) is 59.4 Å². The molecule has 29 heavy (non-hydrogen) atoms. The van der Waals surface area contributed by atoms with Crippen molar-refractivity contribution in [3.05, 3.63) is 30.2 Å². The second-order valence-corrected chi connectivity index (χ2v) is 7.89. The number of anilines is 2. The zero-order valence-corrected chi connectivity index (χ0v) is 17.0. The smallest absolute Gasteiger partial charge is 0.199 e. The number of rotatable bonds is 4. The van der Waals surface area contributed by atoms with Gasteiger partial charge < -0.3 is 20.3 Å². The third-order valence-corrected chi connectivity index (χ3v) is 5.90. The van der Waals surface area contributed by atoms with Gasteiger partial charge in [0.05, 0.1) is 17.9 Å². The van der Waals surface area contributed by atoms with Crippen LogP contribution >= 0.6 is 0 Å². The van der Waals surface area contributed by atoms with E-state index >= 15 is 0 Å². The molecule has 8 nitrogen and oxygen atoms in total. The fourth-order valence-electron chi connectivity index (χ4n) is 4.29. The van der Waals surface area contributed by atoms with Crippen molar-refractivity contribution < 1.29 is 4.74 Å². The van der Waals surface area contributed by atoms with E-state index in [2.05, 4.69) is 27.6 Å². The van der Waals surface area contributed by atoms with E-state index in [9.17, 15) is 0 Å². The Morgan fingerprint density at radius 2 is 2.03 bits per heavy atom. The fourth-order valence-corrected chi connectivity index (χ4v) is 4.29. The fraction of sp³-hybridized carbons (Fsp3) is 0.476. The highest BCUT2D eigenvalue weighted by Gasteiger charge is 2.28. The third-order valence-electron chi connectivity index (χ3n) is 5.90. The molecule has 0 radical (unpaired) electrons. The summed E-state index contributed by atoms with van der Waals surface area (Å²) in [4.78, 5) is 11.2. The lowest BCUT2D eigenvalue weighted by molar-refractivity contribution is 0.312. The molecule has 0 aromatic carbocycles. The molecule has 2 aliphatic heterocycles. The predicted octanol–water partition coefficient (Wildman–Crippen LogP) is 2.34. The van der Waals surface area contributed by atoms with Crippen molar-refractivity contribution in [2.75, 3.05) is 50.1 Å². The Morgan fingerprint density at radius 1 is 1.24 bits per heavy atom. The predicted molar refractivity (Wildman–Crippen MR) is 114 cm³/mol. The Kier molecular flexibility index (Phi) is 4.71. The molecule has 2 aliphatic rings. The number of pyridine rings is 1. The van der Waals surface area contributed by atoms with Gasteiger partial charge in [-0.05, 0) is 50.9 Å². The number of aromatic nitrogens is 4. The van der Waals surface area contributed by atoms with Crippen LogP contribution in [0.3, 0.4) is 0 Å². The summed E-state index contributed by atoms with van der Waals surface area (Å²) in [6.45, 7) is 6.60. The van der Waals surface area contributed by atoms with Crippen molar-refractivity contribution in [2.45, 2.75) is 19.8 Å². The molecule has 0 atom stereocenters. The summed E-state index contributed by atoms with van der Waals surface area (Å²) in [7, 11) is 2.09. The van der Waals surface area contributed by atoms with Gasteiger partial charge in [-0.15, -0.1) is 5.10 Å². The molecule has 0 bridgehead atoms. The standard InChI is InChI=1S/C21H27N7O/c1-14-17(16-5-9-23-10-6-16)28-21(25-14)19-18(27(2)11-12-29-19)20(26-28)24-13-15-3-7-22-8-4-15/h5-6,9-10,15,22H,3-4,7-8,11-13H2,1-2H3,(H,24,26). The summed E-state index contributed by atoms with van der Waals surface area (Å²) in [6, 6.07) is 3.99. The Morgan fingerprint density at radius 3 is 2.83 bits per heavy atom. The van der Waals surface area contributed by atoms with Crippen molar-refractivity contribution in [1.82, 2.24) is 24.9 Å². The van der Waals surface area contributed by atoms with Gasteiger partial charge in [-0.2, -0.15) is 0 Å². The van der Waals surface area contributed by atoms with Gasteiger partial charge >= 0.3 is 0 Å². The third kappa shape index (κ3) is 3.27. The summed E-state index contributed by atoms with van der Waals surface area (Å²) in [5.74, 6) is 2.33. The SMILES string of the molecule is Cc1nc2c3c(c(NCC4CCNCC4)nn2c1-c1ccncc1)N(C)CCO3. The molecule has 5 heterocycles. The normalized spacial score (nSPS) is 17.2. The number of hydrogen-bond donors (Lipinski definition) is 2. The minimum Gasteiger partial charge on any atom is -0.486 e. The molecule has 2 N–H and O–H groups in total. The lowest BCUT2D eigenvalue weighted by Gasteiger charge is -2.30. The van der Waals surface area contributed by atoms with Crippen LogP contribution in [0.5, 0.6) is 5.75 Å². The minimum absolute atomic E-state index is 0.646. The lowest BCUT2D eigenvalue weighted by Crippen LogP contribution is -2.33. The molecule has 3 aromatic rings. The largest absolute Gasteiger partial charge is 0.486 e. The molecule has 1 saturated heterocycles. The van der Waals surface area contributed by atoms with Gasteiger partial charge in [-0.1, -0.05) is 0 Å². The highest BCUT2D eigenvalue weighted by atomic mass is 16.5. The van der Waals surface area contributed by atoms with Gasteiger partial charge in [0, 0.05) is 31.5 Å². The molecule has 152 valence electrons. The first-order valence-electron chi connectivity index (χ1n) is 10.3. The van der Waals surface area contributed by atoms with Crippen molar-refractivity contribution in [2.24, 2.45) is 5.92 Å². The molecule has 0 spiro atoms. The average molecular weight is 393 g/mol. The summed E-state index contributed by atoms with van der Waals surface area (Å²) in [5, 5.41) is 12.1. The lowest BCUT2D eigenvalue weighted by atomic mass is 9.98. The number of fused-ring (bicyclic) bond motifs is 3. The van der Waals surface area contributed by atoms with E-state index < -0.39 is 0 Å². The maximum Gasteiger partial charge on any atom is 0.199 e. The number of hydrogen-bond acceptors (Lipinski definition) is 7. The topological polar surface area (TPSA) is 79.6 Å². The Bertz CT molecular complexity index is 1010. The van der Waals surface area contributed by atoms with Crippen LogP contribution in [0, 0.1) is 12.8 Å². The van der Waals surface area contributed by atoms with Crippen LogP contribution < -0.4 is 20.3 Å². The van der Waals surface area contributed by atoms with E-state index in [-0.39, 0.29) is 0 Å². The van der Waals surface area contributed by atoms with Crippen LogP contribution in [0.25, 0.3) is 16.9 Å². The Labute approximate surface area is 170 Å². The van der Waals surface area contributed by atoms with E-state index in [1.54, 1.807) is 12.4 Å². The first kappa shape index (κ1) is 18.2. The van der Waals surface area contributed by atoms with Crippen molar-refractivity contribution in [3.63, 3.8) is 0 Å². The molecule has 3 aromatic heterocycles. The maximum absolute atomic E-state index is 6.12. The highest BCUT2D eigenvalue weighted by Crippen LogP contribution is 2.41. The number of nitrogens with one attached hydrogen (secondary N) is 2. The van der Waals surface area contributed by atoms with Crippen molar-refractivity contribution in [1.29, 1.82) is 0 Å². The van der Waals surface area contributed by atoms with E-state index in [4.69, 9.17) is 14.8 Å². The molecule has 5 rings (SSSR count). The second-order valence-electron chi connectivity index (χ2n) is 7.89. The quantitative estimate of drug-likeness (QED) is 0.704. The number of likely N-dealkylation sites (N-methyl/N-ethyl adjacent to an activating group) is 1. The number of ether oxygens (including phenoxy) is 1. The average Bonchev–Trinajstić information content (AvgIpc) is 3.09. The molecule has 0 saturated carbocycles. The van der Waals surface area contributed by atoms with E-state index in [0.29, 0.717) is 12.5 Å². The van der Waals surface area contributed by atoms with Crippen LogP contribution in [0.2, 0.25) is 0 Å². The second kappa shape index (κ2) is 7.51. The van der Waals surface area contributed by atoms with Crippen LogP contribution in [-0.2, 0) is 0 Å². The molecule has 1 fully saturated rings. The van der Waals surface area contributed by atoms with Gasteiger partial charge in [0.2, 0.25) is 0 Å². The van der Waals surface area contributed by atoms with Gasteiger partial charge in [0.15, 0.2) is 17.2 Å². The van der Waals surface area contributed by atoms with Gasteiger partial charge in [-0.3, -0.25) is 4.98 Å². The molecular weight excluding hydrogens is 366 g/mol. The van der Waals surface area contributed by atoms with Crippen LogP contribution in [0.15, 0.2) is 24.5 Å². The molecule has 0 aliphatic carbocycles. The monoisotopic (exact) mass is 393 g/mol. The number of piperidine rings is 1. The number of imidazole rings is 1. The first-order chi connectivity index (χ1) is 14.2. The Balaban J connectivity index is 1.62. The van der Waals surface area contributed by atoms with E-state index in [1.165, 1.54) is 12.8 Å². The van der Waals surface area contributed by atoms with Crippen molar-refractivity contribution >= 4 is 17.2 Å².